The van der Waals surface area contributed by atoms with Crippen molar-refractivity contribution in [3.05, 3.63) is 57.8 Å². The highest BCUT2D eigenvalue weighted by Crippen LogP contribution is 2.34. The van der Waals surface area contributed by atoms with E-state index in [-0.39, 0.29) is 11.8 Å². The molecule has 2 heterocycles. The molecule has 1 atom stereocenters. The number of sulfonamides is 1. The standard InChI is InChI=1S/C21H26N4O3S/c1-24(2)21(26)19-13-22-23-20(19)17-8-5-11-25(14-17)29(27,28)18-10-9-15-6-3-4-7-16(15)12-18/h3-4,6-7,12-13,17H,5,8-11,14H2,1-2H3,(H,22,23)/t17-/m0/s1. The van der Waals surface area contributed by atoms with E-state index >= 15 is 0 Å². The second kappa shape index (κ2) is 7.76. The summed E-state index contributed by atoms with van der Waals surface area (Å²) in [5.41, 5.74) is 3.42. The Morgan fingerprint density at radius 2 is 2.03 bits per heavy atom. The summed E-state index contributed by atoms with van der Waals surface area (Å²) in [5, 5.41) is 6.99. The van der Waals surface area contributed by atoms with Gasteiger partial charge in [0, 0.05) is 33.1 Å². The fraction of sp³-hybridized carbons (Fsp3) is 0.429. The number of aryl methyl sites for hydroxylation is 1. The molecular formula is C21H26N4O3S. The van der Waals surface area contributed by atoms with Gasteiger partial charge in [0.25, 0.3) is 5.91 Å². The van der Waals surface area contributed by atoms with Crippen LogP contribution < -0.4 is 0 Å². The molecule has 1 saturated heterocycles. The summed E-state index contributed by atoms with van der Waals surface area (Å²) >= 11 is 0. The molecular weight excluding hydrogens is 388 g/mol. The number of rotatable bonds is 4. The maximum absolute atomic E-state index is 13.3. The molecule has 2 aromatic rings. The van der Waals surface area contributed by atoms with Crippen molar-refractivity contribution in [1.82, 2.24) is 19.4 Å². The molecule has 0 bridgehead atoms. The molecule has 1 aromatic heterocycles. The first-order valence-electron chi connectivity index (χ1n) is 9.91. The number of aromatic nitrogens is 2. The molecule has 4 rings (SSSR count). The van der Waals surface area contributed by atoms with E-state index in [0.717, 1.165) is 30.5 Å². The van der Waals surface area contributed by atoms with Gasteiger partial charge in [0.2, 0.25) is 10.0 Å². The molecule has 1 aliphatic heterocycles. The van der Waals surface area contributed by atoms with Gasteiger partial charge in [-0.25, -0.2) is 8.42 Å². The summed E-state index contributed by atoms with van der Waals surface area (Å²) in [6.45, 7) is 0.861. The lowest BCUT2D eigenvalue weighted by atomic mass is 9.93. The van der Waals surface area contributed by atoms with Gasteiger partial charge in [0.15, 0.2) is 0 Å². The summed E-state index contributed by atoms with van der Waals surface area (Å²) in [5.74, 6) is -0.197. The number of nitrogens with one attached hydrogen (secondary N) is 1. The zero-order chi connectivity index (χ0) is 20.6. The van der Waals surface area contributed by atoms with Crippen LogP contribution in [0.5, 0.6) is 0 Å². The van der Waals surface area contributed by atoms with Crippen LogP contribution in [0.3, 0.4) is 0 Å². The summed E-state index contributed by atoms with van der Waals surface area (Å²) < 4.78 is 28.3. The highest BCUT2D eigenvalue weighted by molar-refractivity contribution is 7.93. The zero-order valence-corrected chi connectivity index (χ0v) is 17.6. The minimum absolute atomic E-state index is 0.0728. The maximum atomic E-state index is 13.3. The third-order valence-corrected chi connectivity index (χ3v) is 7.78. The topological polar surface area (TPSA) is 86.4 Å². The monoisotopic (exact) mass is 414 g/mol. The molecule has 154 valence electrons. The normalized spacial score (nSPS) is 20.1. The molecule has 1 aromatic carbocycles. The minimum atomic E-state index is -3.54. The predicted octanol–water partition coefficient (Wildman–Crippen LogP) is 2.61. The van der Waals surface area contributed by atoms with Crippen LogP contribution in [0.2, 0.25) is 0 Å². The number of hydrogen-bond donors (Lipinski definition) is 1. The lowest BCUT2D eigenvalue weighted by molar-refractivity contribution is 0.0825. The number of amides is 1. The third-order valence-electron chi connectivity index (χ3n) is 5.78. The number of aromatic amines is 1. The first kappa shape index (κ1) is 19.8. The van der Waals surface area contributed by atoms with E-state index in [1.807, 2.05) is 30.3 Å². The van der Waals surface area contributed by atoms with E-state index in [1.54, 1.807) is 18.4 Å². The fourth-order valence-corrected chi connectivity index (χ4v) is 5.90. The first-order chi connectivity index (χ1) is 13.9. The van der Waals surface area contributed by atoms with Gasteiger partial charge in [0.05, 0.1) is 22.4 Å². The molecule has 0 saturated carbocycles. The van der Waals surface area contributed by atoms with E-state index < -0.39 is 10.0 Å². The van der Waals surface area contributed by atoms with E-state index in [9.17, 15) is 13.2 Å². The summed E-state index contributed by atoms with van der Waals surface area (Å²) in [6.07, 6.45) is 6.18. The fourth-order valence-electron chi connectivity index (χ4n) is 4.19. The van der Waals surface area contributed by atoms with Crippen molar-refractivity contribution in [2.24, 2.45) is 0 Å². The summed E-state index contributed by atoms with van der Waals surface area (Å²) in [4.78, 5) is 14.4. The van der Waals surface area contributed by atoms with Crippen molar-refractivity contribution < 1.29 is 13.2 Å². The van der Waals surface area contributed by atoms with Gasteiger partial charge in [0.1, 0.15) is 0 Å². The molecule has 1 fully saturated rings. The molecule has 0 radical (unpaired) electrons. The number of piperidine rings is 1. The van der Waals surface area contributed by atoms with E-state index in [2.05, 4.69) is 10.2 Å². The SMILES string of the molecule is CN(C)C(=O)c1cn[nH]c1[C@H]1CCCN(S(=O)(=O)C2=Cc3ccccc3CC2)C1. The molecule has 8 heteroatoms. The molecule has 0 unspecified atom stereocenters. The van der Waals surface area contributed by atoms with Crippen molar-refractivity contribution in [1.29, 1.82) is 0 Å². The second-order valence-electron chi connectivity index (χ2n) is 7.91. The molecule has 29 heavy (non-hydrogen) atoms. The Kier molecular flexibility index (Phi) is 5.31. The summed E-state index contributed by atoms with van der Waals surface area (Å²) in [7, 11) is -0.139. The number of H-pyrrole nitrogens is 1. The van der Waals surface area contributed by atoms with Crippen LogP contribution in [0.15, 0.2) is 35.4 Å². The number of carbonyl (C=O) groups excluding carboxylic acids is 1. The second-order valence-corrected chi connectivity index (χ2v) is 9.90. The quantitative estimate of drug-likeness (QED) is 0.833. The van der Waals surface area contributed by atoms with Crippen LogP contribution in [0.25, 0.3) is 6.08 Å². The van der Waals surface area contributed by atoms with E-state index in [0.29, 0.717) is 30.0 Å². The predicted molar refractivity (Wildman–Crippen MR) is 112 cm³/mol. The van der Waals surface area contributed by atoms with Gasteiger partial charge in [-0.05, 0) is 42.9 Å². The number of nitrogens with zero attached hydrogens (tertiary/aromatic N) is 3. The Morgan fingerprint density at radius 3 is 2.83 bits per heavy atom. The van der Waals surface area contributed by atoms with Crippen molar-refractivity contribution in [2.45, 2.75) is 31.6 Å². The Morgan fingerprint density at radius 1 is 1.24 bits per heavy atom. The van der Waals surface area contributed by atoms with Crippen molar-refractivity contribution >= 4 is 22.0 Å². The van der Waals surface area contributed by atoms with Crippen molar-refractivity contribution in [3.63, 3.8) is 0 Å². The largest absolute Gasteiger partial charge is 0.345 e. The number of fused-ring (bicyclic) bond motifs is 1. The average molecular weight is 415 g/mol. The smallest absolute Gasteiger partial charge is 0.256 e. The Balaban J connectivity index is 1.59. The molecule has 2 aliphatic rings. The van der Waals surface area contributed by atoms with Crippen LogP contribution in [-0.2, 0) is 16.4 Å². The number of carbonyl (C=O) groups is 1. The number of benzene rings is 1. The highest BCUT2D eigenvalue weighted by atomic mass is 32.2. The van der Waals surface area contributed by atoms with E-state index in [1.165, 1.54) is 16.7 Å². The Bertz CT molecular complexity index is 1060. The van der Waals surface area contributed by atoms with Gasteiger partial charge >= 0.3 is 0 Å². The van der Waals surface area contributed by atoms with Crippen molar-refractivity contribution in [3.8, 4) is 0 Å². The van der Waals surface area contributed by atoms with Gasteiger partial charge in [-0.3, -0.25) is 9.89 Å². The number of allylic oxidation sites excluding steroid dienone is 1. The van der Waals surface area contributed by atoms with Crippen LogP contribution >= 0.6 is 0 Å². The van der Waals surface area contributed by atoms with Crippen LogP contribution in [0.1, 0.15) is 52.4 Å². The van der Waals surface area contributed by atoms with Crippen LogP contribution in [0, 0.1) is 0 Å². The lowest BCUT2D eigenvalue weighted by Crippen LogP contribution is -2.40. The molecule has 1 N–H and O–H groups in total. The minimum Gasteiger partial charge on any atom is -0.345 e. The van der Waals surface area contributed by atoms with Gasteiger partial charge < -0.3 is 4.90 Å². The van der Waals surface area contributed by atoms with Gasteiger partial charge in [-0.2, -0.15) is 9.40 Å². The van der Waals surface area contributed by atoms with Crippen LogP contribution in [0.4, 0.5) is 0 Å². The zero-order valence-electron chi connectivity index (χ0n) is 16.8. The Hall–Kier alpha value is -2.45. The van der Waals surface area contributed by atoms with Gasteiger partial charge in [-0.15, -0.1) is 0 Å². The Labute approximate surface area is 171 Å². The summed E-state index contributed by atoms with van der Waals surface area (Å²) in [6, 6.07) is 7.93. The maximum Gasteiger partial charge on any atom is 0.256 e. The average Bonchev–Trinajstić information content (AvgIpc) is 3.22. The number of hydrogen-bond acceptors (Lipinski definition) is 4. The lowest BCUT2D eigenvalue weighted by Gasteiger charge is -2.33. The highest BCUT2D eigenvalue weighted by Gasteiger charge is 2.35. The molecule has 1 aliphatic carbocycles. The van der Waals surface area contributed by atoms with Crippen molar-refractivity contribution in [2.75, 3.05) is 27.2 Å². The first-order valence-corrected chi connectivity index (χ1v) is 11.4. The molecule has 7 nitrogen and oxygen atoms in total. The molecule has 0 spiro atoms. The van der Waals surface area contributed by atoms with Gasteiger partial charge in [-0.1, -0.05) is 24.3 Å². The third kappa shape index (κ3) is 3.74. The van der Waals surface area contributed by atoms with Crippen LogP contribution in [-0.4, -0.2) is 60.9 Å². The molecule has 1 amide bonds. The van der Waals surface area contributed by atoms with E-state index in [4.69, 9.17) is 0 Å².